The first kappa shape index (κ1) is 36.8. The Kier molecular flexibility index (Phi) is 14.1. The van der Waals surface area contributed by atoms with Crippen molar-refractivity contribution in [3.05, 3.63) is 82.2 Å². The largest absolute Gasteiger partial charge is 0.496 e. The maximum absolute atomic E-state index is 13.9. The Morgan fingerprint density at radius 2 is 1.24 bits per heavy atom. The third kappa shape index (κ3) is 9.42. The average molecular weight is 685 g/mol. The van der Waals surface area contributed by atoms with E-state index in [0.29, 0.717) is 46.0 Å². The summed E-state index contributed by atoms with van der Waals surface area (Å²) in [5.41, 5.74) is 2.36. The van der Waals surface area contributed by atoms with Gasteiger partial charge in [0.25, 0.3) is 0 Å². The summed E-state index contributed by atoms with van der Waals surface area (Å²) in [6.07, 6.45) is 15.7. The van der Waals surface area contributed by atoms with Crippen LogP contribution in [-0.4, -0.2) is 35.0 Å². The fraction of sp³-hybridized carbons (Fsp3) is 0.452. The summed E-state index contributed by atoms with van der Waals surface area (Å²) in [6.45, 7) is 1.57. The lowest BCUT2D eigenvalue weighted by Crippen LogP contribution is -2.08. The lowest BCUT2D eigenvalue weighted by molar-refractivity contribution is 0.116. The van der Waals surface area contributed by atoms with Crippen LogP contribution in [0.1, 0.15) is 88.4 Å². The van der Waals surface area contributed by atoms with Gasteiger partial charge < -0.3 is 32.5 Å². The molecule has 0 unspecified atom stereocenters. The first-order chi connectivity index (χ1) is 24.6. The third-order valence-electron chi connectivity index (χ3n) is 9.28. The van der Waals surface area contributed by atoms with Gasteiger partial charge >= 0.3 is 0 Å². The smallest absolute Gasteiger partial charge is 0.239 e. The molecular formula is C42H52O8. The fourth-order valence-corrected chi connectivity index (χ4v) is 6.54. The van der Waals surface area contributed by atoms with E-state index in [1.54, 1.807) is 45.6 Å². The molecule has 0 spiro atoms. The molecule has 268 valence electrons. The number of hydrogen-bond acceptors (Lipinski definition) is 8. The van der Waals surface area contributed by atoms with Crippen molar-refractivity contribution in [3.8, 4) is 34.3 Å². The molecule has 5 rings (SSSR count). The van der Waals surface area contributed by atoms with Crippen LogP contribution in [-0.2, 0) is 17.8 Å². The van der Waals surface area contributed by atoms with Gasteiger partial charge in [-0.3, -0.25) is 4.79 Å². The van der Waals surface area contributed by atoms with Crippen molar-refractivity contribution in [2.75, 3.05) is 35.0 Å². The third-order valence-corrected chi connectivity index (χ3v) is 9.28. The molecule has 5 aromatic rings. The first-order valence-corrected chi connectivity index (χ1v) is 18.1. The van der Waals surface area contributed by atoms with Gasteiger partial charge in [0.1, 0.15) is 22.5 Å². The summed E-state index contributed by atoms with van der Waals surface area (Å²) < 4.78 is 40.6. The molecule has 8 nitrogen and oxygen atoms in total. The minimum Gasteiger partial charge on any atom is -0.496 e. The van der Waals surface area contributed by atoms with E-state index in [1.807, 2.05) is 12.1 Å². The highest BCUT2D eigenvalue weighted by molar-refractivity contribution is 6.06. The molecule has 0 atom stereocenters. The molecule has 0 saturated carbocycles. The van der Waals surface area contributed by atoms with Crippen LogP contribution in [0.5, 0.6) is 23.0 Å². The number of hydrogen-bond donors (Lipinski definition) is 0. The quantitative estimate of drug-likeness (QED) is 0.0666. The first-order valence-electron chi connectivity index (χ1n) is 18.1. The summed E-state index contributed by atoms with van der Waals surface area (Å²) in [5.74, 6) is 2.87. The van der Waals surface area contributed by atoms with Crippen molar-refractivity contribution in [1.82, 2.24) is 0 Å². The van der Waals surface area contributed by atoms with Gasteiger partial charge in [0.2, 0.25) is 11.2 Å². The SMILES string of the molecule is COc1ccc(-c2oc3cc(OC)c4cc(CCCCCCCCCCCCCCOCc5ccccc5)oc4c3c(=O)c2OC)cc1OC. The monoisotopic (exact) mass is 684 g/mol. The second-order valence-corrected chi connectivity index (χ2v) is 12.8. The summed E-state index contributed by atoms with van der Waals surface area (Å²) in [5, 5.41) is 1.08. The topological polar surface area (TPSA) is 89.5 Å². The highest BCUT2D eigenvalue weighted by atomic mass is 16.5. The van der Waals surface area contributed by atoms with E-state index in [-0.39, 0.29) is 16.9 Å². The lowest BCUT2D eigenvalue weighted by atomic mass is 10.0. The molecular weight excluding hydrogens is 632 g/mol. The molecule has 3 aromatic carbocycles. The van der Waals surface area contributed by atoms with Crippen LogP contribution in [0.4, 0.5) is 0 Å². The minimum absolute atomic E-state index is 0.0920. The molecule has 8 heteroatoms. The van der Waals surface area contributed by atoms with Crippen LogP contribution in [0.3, 0.4) is 0 Å². The van der Waals surface area contributed by atoms with Crippen LogP contribution in [0.15, 0.2) is 74.3 Å². The van der Waals surface area contributed by atoms with E-state index in [9.17, 15) is 4.79 Å². The van der Waals surface area contributed by atoms with Crippen LogP contribution >= 0.6 is 0 Å². The summed E-state index contributed by atoms with van der Waals surface area (Å²) in [7, 11) is 6.20. The molecule has 0 aliphatic rings. The summed E-state index contributed by atoms with van der Waals surface area (Å²) in [6, 6.07) is 19.4. The standard InChI is InChI=1S/C42H52O8/c1-44-34-24-23-31(26-36(34)46-3)40-42(47-4)39(43)38-37(50-40)28-35(45-2)33-27-32(49-41(33)38)22-18-13-11-9-7-5-6-8-10-12-14-19-25-48-29-30-20-16-15-17-21-30/h15-17,20-21,23-24,26-28H,5-14,18-19,22,25,29H2,1-4H3. The van der Waals surface area contributed by atoms with Gasteiger partial charge in [-0.2, -0.15) is 0 Å². The molecule has 0 saturated heterocycles. The number of ether oxygens (including phenoxy) is 5. The molecule has 0 amide bonds. The fourth-order valence-electron chi connectivity index (χ4n) is 6.54. The van der Waals surface area contributed by atoms with Crippen molar-refractivity contribution in [1.29, 1.82) is 0 Å². The van der Waals surface area contributed by atoms with E-state index >= 15 is 0 Å². The molecule has 50 heavy (non-hydrogen) atoms. The van der Waals surface area contributed by atoms with Gasteiger partial charge in [0.05, 0.1) is 40.4 Å². The predicted octanol–water partition coefficient (Wildman–Crippen LogP) is 10.7. The second-order valence-electron chi connectivity index (χ2n) is 12.8. The zero-order valence-corrected chi connectivity index (χ0v) is 30.1. The zero-order chi connectivity index (χ0) is 35.1. The Labute approximate surface area is 295 Å². The van der Waals surface area contributed by atoms with Gasteiger partial charge in [0, 0.05) is 24.7 Å². The van der Waals surface area contributed by atoms with Gasteiger partial charge in [0.15, 0.2) is 22.8 Å². The Balaban J connectivity index is 1.06. The maximum Gasteiger partial charge on any atom is 0.239 e. The van der Waals surface area contributed by atoms with Gasteiger partial charge in [-0.05, 0) is 42.7 Å². The predicted molar refractivity (Wildman–Crippen MR) is 199 cm³/mol. The van der Waals surface area contributed by atoms with E-state index in [1.165, 1.54) is 70.5 Å². The van der Waals surface area contributed by atoms with E-state index in [0.717, 1.165) is 43.4 Å². The molecule has 2 aromatic heterocycles. The molecule has 0 radical (unpaired) electrons. The van der Waals surface area contributed by atoms with E-state index in [2.05, 4.69) is 24.3 Å². The number of furan rings is 1. The van der Waals surface area contributed by atoms with Gasteiger partial charge in [-0.1, -0.05) is 94.5 Å². The maximum atomic E-state index is 13.9. The number of unbranched alkanes of at least 4 members (excludes halogenated alkanes) is 11. The number of rotatable bonds is 22. The Hall–Kier alpha value is -4.43. The van der Waals surface area contributed by atoms with Gasteiger partial charge in [-0.15, -0.1) is 0 Å². The van der Waals surface area contributed by atoms with Gasteiger partial charge in [-0.25, -0.2) is 0 Å². The molecule has 0 fully saturated rings. The summed E-state index contributed by atoms with van der Waals surface area (Å²) >= 11 is 0. The highest BCUT2D eigenvalue weighted by Gasteiger charge is 2.24. The normalized spacial score (nSPS) is 11.4. The molecule has 0 N–H and O–H groups in total. The lowest BCUT2D eigenvalue weighted by Gasteiger charge is -2.13. The van der Waals surface area contributed by atoms with Crippen molar-refractivity contribution in [2.24, 2.45) is 0 Å². The number of fused-ring (bicyclic) bond motifs is 3. The second kappa shape index (κ2) is 19.1. The molecule has 2 heterocycles. The Morgan fingerprint density at radius 3 is 1.88 bits per heavy atom. The van der Waals surface area contributed by atoms with Crippen LogP contribution < -0.4 is 24.4 Å². The van der Waals surface area contributed by atoms with Crippen LogP contribution in [0.2, 0.25) is 0 Å². The van der Waals surface area contributed by atoms with E-state index in [4.69, 9.17) is 32.5 Å². The zero-order valence-electron chi connectivity index (χ0n) is 30.1. The minimum atomic E-state index is -0.309. The average Bonchev–Trinajstić information content (AvgIpc) is 3.58. The van der Waals surface area contributed by atoms with Crippen LogP contribution in [0, 0.1) is 0 Å². The number of benzene rings is 3. The van der Waals surface area contributed by atoms with Crippen molar-refractivity contribution >= 4 is 21.9 Å². The highest BCUT2D eigenvalue weighted by Crippen LogP contribution is 2.40. The van der Waals surface area contributed by atoms with Crippen molar-refractivity contribution < 1.29 is 32.5 Å². The Bertz CT molecular complexity index is 1840. The Morgan fingerprint density at radius 1 is 0.600 bits per heavy atom. The van der Waals surface area contributed by atoms with Crippen molar-refractivity contribution in [2.45, 2.75) is 90.1 Å². The van der Waals surface area contributed by atoms with Crippen molar-refractivity contribution in [3.63, 3.8) is 0 Å². The molecule has 0 aliphatic carbocycles. The van der Waals surface area contributed by atoms with Crippen LogP contribution in [0.25, 0.3) is 33.3 Å². The van der Waals surface area contributed by atoms with E-state index < -0.39 is 0 Å². The summed E-state index contributed by atoms with van der Waals surface area (Å²) in [4.78, 5) is 13.9. The molecule has 0 bridgehead atoms. The molecule has 0 aliphatic heterocycles. The number of aryl methyl sites for hydroxylation is 1. The number of methoxy groups -OCH3 is 4.